The van der Waals surface area contributed by atoms with E-state index in [1.807, 2.05) is 24.3 Å². The summed E-state index contributed by atoms with van der Waals surface area (Å²) in [7, 11) is 13.0. The third kappa shape index (κ3) is 26.2. The van der Waals surface area contributed by atoms with Crippen LogP contribution in [0.4, 0.5) is 102 Å². The van der Waals surface area contributed by atoms with Crippen molar-refractivity contribution in [2.24, 2.45) is 23.7 Å². The van der Waals surface area contributed by atoms with Gasteiger partial charge in [0.25, 0.3) is 0 Å². The molecule has 0 bridgehead atoms. The minimum absolute atomic E-state index is 0.641. The summed E-state index contributed by atoms with van der Waals surface area (Å²) in [5.41, 5.74) is 24.6. The van der Waals surface area contributed by atoms with E-state index in [9.17, 15) is 0 Å². The zero-order valence-corrected chi connectivity index (χ0v) is 74.0. The molecule has 0 spiro atoms. The lowest BCUT2D eigenvalue weighted by Gasteiger charge is -2.29. The molecule has 0 fully saturated rings. The fraction of sp³-hybridized carbons (Fsp3) is 0.302. The molecule has 3 atom stereocenters. The number of rotatable bonds is 40. The Kier molecular flexibility index (Phi) is 35.1. The lowest BCUT2D eigenvalue weighted by molar-refractivity contribution is -0.735. The van der Waals surface area contributed by atoms with Gasteiger partial charge in [0.2, 0.25) is 0 Å². The molecule has 3 unspecified atom stereocenters. The lowest BCUT2D eigenvalue weighted by Crippen LogP contribution is -2.98. The maximum Gasteiger partial charge on any atom is 0.136 e. The topological polar surface area (TPSA) is 42.5 Å². The van der Waals surface area contributed by atoms with Crippen LogP contribution in [0.2, 0.25) is 0 Å². The van der Waals surface area contributed by atoms with Crippen molar-refractivity contribution in [3.05, 3.63) is 341 Å². The molecule has 3 N–H and O–H groups in total. The maximum atomic E-state index is 3.86. The summed E-state index contributed by atoms with van der Waals surface area (Å²) < 4.78 is 0. The van der Waals surface area contributed by atoms with E-state index in [0.717, 1.165) is 95.6 Å². The second-order valence-electron chi connectivity index (χ2n) is 32.7. The van der Waals surface area contributed by atoms with E-state index < -0.39 is 0 Å². The third-order valence-corrected chi connectivity index (χ3v) is 21.8. The molecule has 11 rings (SSSR count). The van der Waals surface area contributed by atoms with Gasteiger partial charge in [-0.1, -0.05) is 140 Å². The van der Waals surface area contributed by atoms with Crippen LogP contribution in [-0.2, 0) is 13.1 Å². The molecule has 0 saturated carbocycles. The fourth-order valence-corrected chi connectivity index (χ4v) is 15.1. The van der Waals surface area contributed by atoms with Gasteiger partial charge in [0.1, 0.15) is 34.1 Å². The minimum atomic E-state index is 0.641. The molecule has 0 aromatic heterocycles. The highest BCUT2D eigenvalue weighted by Gasteiger charge is 2.21. The summed E-state index contributed by atoms with van der Waals surface area (Å²) in [6.45, 7) is 49.6. The highest BCUT2D eigenvalue weighted by Crippen LogP contribution is 2.33. The molecule has 0 aliphatic rings. The van der Waals surface area contributed by atoms with Crippen LogP contribution >= 0.6 is 0 Å². The highest BCUT2D eigenvalue weighted by atomic mass is 15.2. The summed E-state index contributed by atoms with van der Waals surface area (Å²) in [6.07, 6.45) is 7.67. The maximum absolute atomic E-state index is 3.86. The SMILES string of the molecule is C=CCN(CC=C)c1ccc(N(C)c2ccc([NH+](C)c3ccc(N(CC=C)CC=C)cc3)cc2)cc1.CC(C)CN(CC(C)C)c1ccc(N(C)c2ccc([NH+](C)c3ccc(N(CC(C)C)CC(C)C)cc3)cc2)cc1.CCN(Cc1ccccc1)c1ccc(N(C)c2ccc([NH+](C)c3ccc(N(CC)Cc4ccccc4)cc3)cc2)cc1. The minimum Gasteiger partial charge on any atom is -0.371 e. The van der Waals surface area contributed by atoms with Gasteiger partial charge >= 0.3 is 0 Å². The normalized spacial score (nSPS) is 11.8. The van der Waals surface area contributed by atoms with Gasteiger partial charge < -0.3 is 44.1 Å². The van der Waals surface area contributed by atoms with Crippen molar-refractivity contribution in [2.75, 3.05) is 152 Å². The molecule has 12 nitrogen and oxygen atoms in total. The predicted octanol–water partition coefficient (Wildman–Crippen LogP) is 22.4. The largest absolute Gasteiger partial charge is 0.371 e. The second-order valence-corrected chi connectivity index (χ2v) is 32.7. The van der Waals surface area contributed by atoms with Gasteiger partial charge in [-0.25, -0.2) is 0 Å². The van der Waals surface area contributed by atoms with Crippen molar-refractivity contribution in [1.29, 1.82) is 0 Å². The Hall–Kier alpha value is -11.5. The first-order valence-electron chi connectivity index (χ1n) is 42.7. The van der Waals surface area contributed by atoms with Crippen molar-refractivity contribution >= 4 is 102 Å². The van der Waals surface area contributed by atoms with Crippen molar-refractivity contribution in [3.8, 4) is 0 Å². The number of nitrogens with one attached hydrogen (secondary N) is 3. The average Bonchev–Trinajstić information content (AvgIpc) is 0.828. The van der Waals surface area contributed by atoms with Gasteiger partial charge in [0.15, 0.2) is 0 Å². The lowest BCUT2D eigenvalue weighted by atomic mass is 10.1. The van der Waals surface area contributed by atoms with E-state index in [2.05, 4.69) is 461 Å². The predicted molar refractivity (Wildman–Crippen MR) is 516 cm³/mol. The van der Waals surface area contributed by atoms with E-state index in [4.69, 9.17) is 0 Å². The van der Waals surface area contributed by atoms with E-state index in [1.54, 1.807) is 0 Å². The molecule has 0 aliphatic carbocycles. The molecule has 11 aromatic rings. The zero-order chi connectivity index (χ0) is 84.6. The molecule has 118 heavy (non-hydrogen) atoms. The van der Waals surface area contributed by atoms with Crippen molar-refractivity contribution in [1.82, 2.24) is 0 Å². The summed E-state index contributed by atoms with van der Waals surface area (Å²) in [4.78, 5) is 24.9. The van der Waals surface area contributed by atoms with Gasteiger partial charge in [-0.2, -0.15) is 0 Å². The van der Waals surface area contributed by atoms with Gasteiger partial charge in [0.05, 0.1) is 21.1 Å². The molecule has 0 radical (unpaired) electrons. The first kappa shape index (κ1) is 90.4. The molecule has 0 amide bonds. The van der Waals surface area contributed by atoms with Gasteiger partial charge in [0, 0.05) is 241 Å². The number of hydrogen-bond acceptors (Lipinski definition) is 9. The van der Waals surface area contributed by atoms with Crippen LogP contribution in [0.15, 0.2) is 330 Å². The van der Waals surface area contributed by atoms with Gasteiger partial charge in [-0.15, -0.1) is 26.3 Å². The number of benzene rings is 11. The number of hydrogen-bond donors (Lipinski definition) is 3. The molecule has 0 heterocycles. The smallest absolute Gasteiger partial charge is 0.136 e. The first-order chi connectivity index (χ1) is 57.0. The Labute approximate surface area is 711 Å². The van der Waals surface area contributed by atoms with Crippen LogP contribution in [-0.4, -0.2) is 108 Å². The monoisotopic (exact) mass is 1580 g/mol. The summed E-state index contributed by atoms with van der Waals surface area (Å²) >= 11 is 0. The van der Waals surface area contributed by atoms with Gasteiger partial charge in [-0.3, -0.25) is 14.7 Å². The standard InChI is InChI=1S/C38H42N4.C36H54N4.C32H38N4/c1-5-41(29-31-13-9-7-10-14-31)37-25-21-35(22-26-37)39(3)33-17-19-34(20-18-33)40(4)36-23-27-38(28-24-36)42(6-2)30-32-15-11-8-12-16-32;1-27(2)23-39(24-28(3)4)35-19-15-33(16-20-35)37(9)31-11-13-32(14-12-31)38(10)34-17-21-36(22-18-34)40(25-29(5)6)26-30(7)8;1-7-23-35(24-8-2)31-19-15-29(16-20-31)33(5)27-11-13-28(14-12-27)34(6)30-17-21-32(22-18-30)36(25-9-3)26-10-4/h7-28H,5-6,29-30H2,1-4H3;11-22,27-30H,23-26H2,1-10H3;7-22H,1-4,23-26H2,5-6H3/p+3. The van der Waals surface area contributed by atoms with Crippen LogP contribution < -0.4 is 58.8 Å². The van der Waals surface area contributed by atoms with E-state index in [1.165, 1.54) is 111 Å². The average molecular weight is 1580 g/mol. The fourth-order valence-electron chi connectivity index (χ4n) is 15.1. The van der Waals surface area contributed by atoms with Crippen LogP contribution in [0.3, 0.4) is 0 Å². The Morgan fingerprint density at radius 1 is 0.237 bits per heavy atom. The van der Waals surface area contributed by atoms with E-state index in [-0.39, 0.29) is 0 Å². The molecular weight excluding hydrogens is 1440 g/mol. The molecule has 0 saturated heterocycles. The summed E-state index contributed by atoms with van der Waals surface area (Å²) in [5, 5.41) is 0. The Morgan fingerprint density at radius 3 is 0.593 bits per heavy atom. The summed E-state index contributed by atoms with van der Waals surface area (Å²) in [5.74, 6) is 2.57. The third-order valence-electron chi connectivity index (χ3n) is 21.8. The first-order valence-corrected chi connectivity index (χ1v) is 42.7. The molecule has 12 heteroatoms. The zero-order valence-electron chi connectivity index (χ0n) is 74.0. The highest BCUT2D eigenvalue weighted by molar-refractivity contribution is 5.70. The number of anilines is 12. The van der Waals surface area contributed by atoms with Crippen LogP contribution in [0.5, 0.6) is 0 Å². The molecule has 618 valence electrons. The van der Waals surface area contributed by atoms with E-state index >= 15 is 0 Å². The summed E-state index contributed by atoms with van der Waals surface area (Å²) in [6, 6.07) is 101. The molecule has 0 aliphatic heterocycles. The van der Waals surface area contributed by atoms with Crippen LogP contribution in [0, 0.1) is 23.7 Å². The molecule has 11 aromatic carbocycles. The van der Waals surface area contributed by atoms with Crippen molar-refractivity contribution in [3.63, 3.8) is 0 Å². The van der Waals surface area contributed by atoms with Crippen molar-refractivity contribution in [2.45, 2.75) is 82.3 Å². The van der Waals surface area contributed by atoms with Crippen molar-refractivity contribution < 1.29 is 14.7 Å². The molecular formula is C106H137N12+3. The Bertz CT molecular complexity index is 4380. The van der Waals surface area contributed by atoms with E-state index in [0.29, 0.717) is 23.7 Å². The van der Waals surface area contributed by atoms with Gasteiger partial charge in [-0.05, 0) is 194 Å². The number of nitrogens with zero attached hydrogens (tertiary/aromatic N) is 9. The van der Waals surface area contributed by atoms with Crippen LogP contribution in [0.1, 0.15) is 80.4 Å². The Balaban J connectivity index is 0.000000202. The Morgan fingerprint density at radius 2 is 0.407 bits per heavy atom. The second kappa shape index (κ2) is 45.8. The van der Waals surface area contributed by atoms with Crippen LogP contribution in [0.25, 0.3) is 0 Å². The quantitative estimate of drug-likeness (QED) is 0.0326. The number of quaternary nitrogens is 3.